The molecule has 0 aromatic heterocycles. The summed E-state index contributed by atoms with van der Waals surface area (Å²) in [6, 6.07) is 23.7. The van der Waals surface area contributed by atoms with Gasteiger partial charge in [-0.15, -0.1) is 0 Å². The van der Waals surface area contributed by atoms with E-state index in [1.165, 1.54) is 0 Å². The first-order chi connectivity index (χ1) is 14.5. The summed E-state index contributed by atoms with van der Waals surface area (Å²) in [4.78, 5) is 0. The molecule has 0 radical (unpaired) electrons. The Labute approximate surface area is 183 Å². The van der Waals surface area contributed by atoms with E-state index >= 15 is 0 Å². The van der Waals surface area contributed by atoms with Crippen molar-refractivity contribution >= 4 is 11.6 Å². The monoisotopic (exact) mass is 425 g/mol. The van der Waals surface area contributed by atoms with Crippen molar-refractivity contribution in [1.82, 2.24) is 5.32 Å². The molecule has 0 spiro atoms. The third kappa shape index (κ3) is 6.23. The number of aliphatic hydroxyl groups excluding tert-OH is 1. The molecule has 0 aliphatic carbocycles. The van der Waals surface area contributed by atoms with E-state index < -0.39 is 6.10 Å². The normalized spacial score (nSPS) is 12.0. The van der Waals surface area contributed by atoms with Crippen LogP contribution in [0, 0.1) is 0 Å². The van der Waals surface area contributed by atoms with Crippen LogP contribution in [0.1, 0.15) is 36.6 Å². The molecule has 0 saturated carbocycles. The lowest BCUT2D eigenvalue weighted by Gasteiger charge is -2.20. The predicted octanol–water partition coefficient (Wildman–Crippen LogP) is 5.53. The Bertz CT molecular complexity index is 916. The summed E-state index contributed by atoms with van der Waals surface area (Å²) in [6.07, 6.45) is -0.748. The van der Waals surface area contributed by atoms with Crippen LogP contribution in [0.2, 0.25) is 5.02 Å². The summed E-state index contributed by atoms with van der Waals surface area (Å²) < 4.78 is 12.1. The van der Waals surface area contributed by atoms with Gasteiger partial charge in [0.1, 0.15) is 13.2 Å². The first-order valence-electron chi connectivity index (χ1n) is 10.1. The number of hydrogen-bond donors (Lipinski definition) is 2. The number of benzene rings is 3. The van der Waals surface area contributed by atoms with Crippen LogP contribution >= 0.6 is 11.6 Å². The van der Waals surface area contributed by atoms with E-state index in [0.717, 1.165) is 11.1 Å². The Morgan fingerprint density at radius 2 is 1.40 bits per heavy atom. The molecule has 0 heterocycles. The van der Waals surface area contributed by atoms with Crippen LogP contribution in [0.3, 0.4) is 0 Å². The van der Waals surface area contributed by atoms with Gasteiger partial charge in [0.2, 0.25) is 0 Å². The third-order valence-electron chi connectivity index (χ3n) is 4.63. The molecule has 2 N–H and O–H groups in total. The average Bonchev–Trinajstić information content (AvgIpc) is 2.76. The topological polar surface area (TPSA) is 50.7 Å². The molecule has 0 aliphatic rings. The minimum Gasteiger partial charge on any atom is -0.485 e. The summed E-state index contributed by atoms with van der Waals surface area (Å²) in [5.74, 6) is 0.991. The van der Waals surface area contributed by atoms with Crippen LogP contribution in [0.5, 0.6) is 11.5 Å². The van der Waals surface area contributed by atoms with Crippen molar-refractivity contribution in [2.45, 2.75) is 39.2 Å². The Morgan fingerprint density at radius 1 is 0.833 bits per heavy atom. The number of aliphatic hydroxyl groups is 1. The van der Waals surface area contributed by atoms with Crippen LogP contribution in [-0.4, -0.2) is 17.7 Å². The van der Waals surface area contributed by atoms with Gasteiger partial charge >= 0.3 is 0 Å². The fourth-order valence-electron chi connectivity index (χ4n) is 2.98. The van der Waals surface area contributed by atoms with Crippen molar-refractivity contribution < 1.29 is 14.6 Å². The van der Waals surface area contributed by atoms with Crippen LogP contribution in [0.25, 0.3) is 0 Å². The Hall–Kier alpha value is -2.53. The molecule has 5 heteroatoms. The summed E-state index contributed by atoms with van der Waals surface area (Å²) in [5, 5.41) is 14.2. The molecule has 0 fully saturated rings. The summed E-state index contributed by atoms with van der Waals surface area (Å²) in [5.41, 5.74) is 2.68. The minimum absolute atomic E-state index is 0.265. The molecular weight excluding hydrogens is 398 g/mol. The van der Waals surface area contributed by atoms with Crippen molar-refractivity contribution in [3.05, 3.63) is 94.5 Å². The van der Waals surface area contributed by atoms with Crippen molar-refractivity contribution in [2.24, 2.45) is 0 Å². The van der Waals surface area contributed by atoms with Gasteiger partial charge in [0, 0.05) is 18.2 Å². The standard InChI is InChI=1S/C25H28ClNO3/c1-18(2)27-15-22(28)21-13-14-23(29-16-19-9-5-3-6-10-19)25(24(21)26)30-17-20-11-7-4-8-12-20/h3-14,18,22,27-28H,15-17H2,1-2H3. The maximum atomic E-state index is 10.6. The maximum Gasteiger partial charge on any atom is 0.180 e. The molecule has 4 nitrogen and oxygen atoms in total. The smallest absolute Gasteiger partial charge is 0.180 e. The Kier molecular flexibility index (Phi) is 8.14. The zero-order chi connectivity index (χ0) is 21.3. The van der Waals surface area contributed by atoms with Gasteiger partial charge in [-0.1, -0.05) is 92.2 Å². The average molecular weight is 426 g/mol. The van der Waals surface area contributed by atoms with Gasteiger partial charge < -0.3 is 19.9 Å². The van der Waals surface area contributed by atoms with Crippen LogP contribution in [-0.2, 0) is 13.2 Å². The summed E-state index contributed by atoms with van der Waals surface area (Å²) >= 11 is 6.68. The van der Waals surface area contributed by atoms with E-state index in [4.69, 9.17) is 21.1 Å². The zero-order valence-electron chi connectivity index (χ0n) is 17.3. The second kappa shape index (κ2) is 11.0. The fraction of sp³-hybridized carbons (Fsp3) is 0.280. The lowest BCUT2D eigenvalue weighted by molar-refractivity contribution is 0.170. The van der Waals surface area contributed by atoms with E-state index in [0.29, 0.717) is 41.8 Å². The third-order valence-corrected chi connectivity index (χ3v) is 5.02. The van der Waals surface area contributed by atoms with Gasteiger partial charge in [0.15, 0.2) is 11.5 Å². The van der Waals surface area contributed by atoms with Crippen LogP contribution in [0.4, 0.5) is 0 Å². The molecule has 0 aliphatic heterocycles. The van der Waals surface area contributed by atoms with Gasteiger partial charge in [-0.3, -0.25) is 0 Å². The molecule has 0 saturated heterocycles. The van der Waals surface area contributed by atoms with Gasteiger partial charge in [0.25, 0.3) is 0 Å². The number of hydrogen-bond acceptors (Lipinski definition) is 4. The van der Waals surface area contributed by atoms with Gasteiger partial charge in [-0.05, 0) is 17.2 Å². The highest BCUT2D eigenvalue weighted by atomic mass is 35.5. The lowest BCUT2D eigenvalue weighted by Crippen LogP contribution is -2.28. The number of nitrogens with one attached hydrogen (secondary N) is 1. The molecule has 3 rings (SSSR count). The molecule has 3 aromatic carbocycles. The molecule has 158 valence electrons. The Balaban J connectivity index is 1.83. The van der Waals surface area contributed by atoms with Crippen LogP contribution in [0.15, 0.2) is 72.8 Å². The van der Waals surface area contributed by atoms with Crippen molar-refractivity contribution in [3.63, 3.8) is 0 Å². The summed E-state index contributed by atoms with van der Waals surface area (Å²) in [7, 11) is 0. The predicted molar refractivity (Wildman–Crippen MR) is 121 cm³/mol. The number of ether oxygens (including phenoxy) is 2. The summed E-state index contributed by atoms with van der Waals surface area (Å²) in [6.45, 7) is 5.22. The molecule has 1 unspecified atom stereocenters. The van der Waals surface area contributed by atoms with Crippen molar-refractivity contribution in [1.29, 1.82) is 0 Å². The van der Waals surface area contributed by atoms with Crippen LogP contribution < -0.4 is 14.8 Å². The van der Waals surface area contributed by atoms with E-state index in [1.807, 2.05) is 80.6 Å². The van der Waals surface area contributed by atoms with Gasteiger partial charge in [-0.25, -0.2) is 0 Å². The first kappa shape index (κ1) is 22.2. The van der Waals surface area contributed by atoms with E-state index in [9.17, 15) is 5.11 Å². The maximum absolute atomic E-state index is 10.6. The highest BCUT2D eigenvalue weighted by Gasteiger charge is 2.20. The molecule has 3 aromatic rings. The quantitative estimate of drug-likeness (QED) is 0.448. The van der Waals surface area contributed by atoms with E-state index in [1.54, 1.807) is 6.07 Å². The molecule has 30 heavy (non-hydrogen) atoms. The number of halogens is 1. The molecule has 1 atom stereocenters. The van der Waals surface area contributed by atoms with Crippen molar-refractivity contribution in [2.75, 3.05) is 6.54 Å². The fourth-order valence-corrected chi connectivity index (χ4v) is 3.32. The Morgan fingerprint density at radius 3 is 1.97 bits per heavy atom. The number of rotatable bonds is 10. The molecule has 0 bridgehead atoms. The van der Waals surface area contributed by atoms with E-state index in [-0.39, 0.29) is 6.04 Å². The molecular formula is C25H28ClNO3. The zero-order valence-corrected chi connectivity index (χ0v) is 18.1. The lowest BCUT2D eigenvalue weighted by atomic mass is 10.1. The minimum atomic E-state index is -0.748. The first-order valence-corrected chi connectivity index (χ1v) is 10.5. The van der Waals surface area contributed by atoms with Gasteiger partial charge in [0.05, 0.1) is 11.1 Å². The van der Waals surface area contributed by atoms with E-state index in [2.05, 4.69) is 5.32 Å². The SMILES string of the molecule is CC(C)NCC(O)c1ccc(OCc2ccccc2)c(OCc2ccccc2)c1Cl. The second-order valence-electron chi connectivity index (χ2n) is 7.42. The van der Waals surface area contributed by atoms with Gasteiger partial charge in [-0.2, -0.15) is 0 Å². The molecule has 0 amide bonds. The second-order valence-corrected chi connectivity index (χ2v) is 7.80. The highest BCUT2D eigenvalue weighted by Crippen LogP contribution is 2.40. The van der Waals surface area contributed by atoms with Crippen molar-refractivity contribution in [3.8, 4) is 11.5 Å². The highest BCUT2D eigenvalue weighted by molar-refractivity contribution is 6.33. The largest absolute Gasteiger partial charge is 0.485 e.